The van der Waals surface area contributed by atoms with Gasteiger partial charge in [0, 0.05) is 24.8 Å². The highest BCUT2D eigenvalue weighted by Gasteiger charge is 2.23. The molecule has 0 aromatic heterocycles. The van der Waals surface area contributed by atoms with E-state index in [0.717, 1.165) is 12.3 Å². The van der Waals surface area contributed by atoms with Crippen molar-refractivity contribution in [1.82, 2.24) is 0 Å². The monoisotopic (exact) mass is 274 g/mol. The van der Waals surface area contributed by atoms with Gasteiger partial charge in [-0.05, 0) is 55.7 Å². The van der Waals surface area contributed by atoms with E-state index in [1.54, 1.807) is 0 Å². The fourth-order valence-electron chi connectivity index (χ4n) is 3.34. The molecule has 2 heteroatoms. The molecule has 0 spiro atoms. The van der Waals surface area contributed by atoms with Gasteiger partial charge in [-0.1, -0.05) is 32.4 Å². The Bertz CT molecular complexity index is 390. The minimum atomic E-state index is 0.175. The maximum absolute atomic E-state index is 6.08. The first-order valence-electron chi connectivity index (χ1n) is 8.24. The second-order valence-electron chi connectivity index (χ2n) is 6.30. The van der Waals surface area contributed by atoms with Gasteiger partial charge in [0.05, 0.1) is 0 Å². The van der Waals surface area contributed by atoms with E-state index < -0.39 is 0 Å². The van der Waals surface area contributed by atoms with Gasteiger partial charge in [-0.25, -0.2) is 0 Å². The molecule has 1 aliphatic rings. The molecule has 2 rings (SSSR count). The van der Waals surface area contributed by atoms with Crippen LogP contribution in [0.15, 0.2) is 24.3 Å². The smallest absolute Gasteiger partial charge is 0.0366 e. The molecule has 0 saturated heterocycles. The molecular formula is C18H30N2. The van der Waals surface area contributed by atoms with E-state index in [9.17, 15) is 0 Å². The van der Waals surface area contributed by atoms with E-state index in [0.29, 0.717) is 6.04 Å². The third-order valence-electron chi connectivity index (χ3n) is 5.11. The molecule has 1 atom stereocenters. The zero-order chi connectivity index (χ0) is 14.5. The van der Waals surface area contributed by atoms with E-state index in [1.165, 1.54) is 43.4 Å². The second-order valence-corrected chi connectivity index (χ2v) is 6.30. The van der Waals surface area contributed by atoms with Crippen LogP contribution < -0.4 is 10.6 Å². The van der Waals surface area contributed by atoms with E-state index in [4.69, 9.17) is 5.73 Å². The largest absolute Gasteiger partial charge is 0.372 e. The molecule has 1 saturated carbocycles. The Morgan fingerprint density at radius 1 is 1.10 bits per heavy atom. The van der Waals surface area contributed by atoms with Gasteiger partial charge in [0.2, 0.25) is 0 Å². The summed E-state index contributed by atoms with van der Waals surface area (Å²) in [6, 6.07) is 9.74. The summed E-state index contributed by atoms with van der Waals surface area (Å²) in [5, 5.41) is 0. The van der Waals surface area contributed by atoms with Crippen molar-refractivity contribution in [1.29, 1.82) is 0 Å². The summed E-state index contributed by atoms with van der Waals surface area (Å²) in [4.78, 5) is 2.47. The SMILES string of the molecule is CCC1CCC(N(C)c2ccc([C@H](N)CC)cc2)CC1. The molecule has 20 heavy (non-hydrogen) atoms. The van der Waals surface area contributed by atoms with Crippen molar-refractivity contribution in [3.63, 3.8) is 0 Å². The number of rotatable bonds is 5. The summed E-state index contributed by atoms with van der Waals surface area (Å²) >= 11 is 0. The maximum Gasteiger partial charge on any atom is 0.0366 e. The highest BCUT2D eigenvalue weighted by atomic mass is 15.1. The fraction of sp³-hybridized carbons (Fsp3) is 0.667. The molecular weight excluding hydrogens is 244 g/mol. The molecule has 0 heterocycles. The van der Waals surface area contributed by atoms with Crippen molar-refractivity contribution >= 4 is 5.69 Å². The van der Waals surface area contributed by atoms with Gasteiger partial charge in [0.1, 0.15) is 0 Å². The Hall–Kier alpha value is -1.02. The summed E-state index contributed by atoms with van der Waals surface area (Å²) < 4.78 is 0. The number of anilines is 1. The van der Waals surface area contributed by atoms with Gasteiger partial charge in [-0.3, -0.25) is 0 Å². The normalized spacial score (nSPS) is 24.4. The Morgan fingerprint density at radius 2 is 1.70 bits per heavy atom. The lowest BCUT2D eigenvalue weighted by Gasteiger charge is -2.36. The highest BCUT2D eigenvalue weighted by molar-refractivity contribution is 5.48. The van der Waals surface area contributed by atoms with Crippen molar-refractivity contribution in [3.05, 3.63) is 29.8 Å². The number of hydrogen-bond acceptors (Lipinski definition) is 2. The average Bonchev–Trinajstić information content (AvgIpc) is 2.53. The molecule has 1 fully saturated rings. The number of nitrogens with two attached hydrogens (primary N) is 1. The highest BCUT2D eigenvalue weighted by Crippen LogP contribution is 2.31. The average molecular weight is 274 g/mol. The van der Waals surface area contributed by atoms with Crippen LogP contribution in [0.4, 0.5) is 5.69 Å². The van der Waals surface area contributed by atoms with Crippen LogP contribution in [0.5, 0.6) is 0 Å². The fourth-order valence-corrected chi connectivity index (χ4v) is 3.34. The minimum absolute atomic E-state index is 0.175. The zero-order valence-electron chi connectivity index (χ0n) is 13.3. The van der Waals surface area contributed by atoms with Crippen LogP contribution in [0.3, 0.4) is 0 Å². The molecule has 1 aliphatic carbocycles. The molecule has 1 aromatic rings. The van der Waals surface area contributed by atoms with Gasteiger partial charge in [0.25, 0.3) is 0 Å². The second kappa shape index (κ2) is 7.12. The molecule has 112 valence electrons. The van der Waals surface area contributed by atoms with Crippen LogP contribution in [0.25, 0.3) is 0 Å². The van der Waals surface area contributed by atoms with Crippen LogP contribution >= 0.6 is 0 Å². The Morgan fingerprint density at radius 3 is 2.20 bits per heavy atom. The summed E-state index contributed by atoms with van der Waals surface area (Å²) in [5.41, 5.74) is 8.66. The molecule has 2 N–H and O–H groups in total. The molecule has 0 radical (unpaired) electrons. The van der Waals surface area contributed by atoms with Crippen LogP contribution in [0, 0.1) is 5.92 Å². The quantitative estimate of drug-likeness (QED) is 0.856. The van der Waals surface area contributed by atoms with Crippen molar-refractivity contribution in [3.8, 4) is 0 Å². The van der Waals surface area contributed by atoms with Crippen LogP contribution in [0.2, 0.25) is 0 Å². The van der Waals surface area contributed by atoms with E-state index >= 15 is 0 Å². The lowest BCUT2D eigenvalue weighted by atomic mass is 9.84. The standard InChI is InChI=1S/C18H30N2/c1-4-14-6-10-16(11-7-14)20(3)17-12-8-15(9-13-17)18(19)5-2/h8-9,12-14,16,18H,4-7,10-11,19H2,1-3H3/t14?,16?,18-/m1/s1. The third kappa shape index (κ3) is 3.54. The molecule has 2 nitrogen and oxygen atoms in total. The number of nitrogens with zero attached hydrogens (tertiary/aromatic N) is 1. The topological polar surface area (TPSA) is 29.3 Å². The van der Waals surface area contributed by atoms with E-state index in [1.807, 2.05) is 0 Å². The number of hydrogen-bond donors (Lipinski definition) is 1. The van der Waals surface area contributed by atoms with Crippen molar-refractivity contribution in [2.75, 3.05) is 11.9 Å². The number of benzene rings is 1. The first kappa shape index (κ1) is 15.4. The van der Waals surface area contributed by atoms with Crippen LogP contribution in [-0.4, -0.2) is 13.1 Å². The van der Waals surface area contributed by atoms with Gasteiger partial charge in [-0.15, -0.1) is 0 Å². The first-order valence-corrected chi connectivity index (χ1v) is 8.24. The van der Waals surface area contributed by atoms with Gasteiger partial charge in [0.15, 0.2) is 0 Å². The lowest BCUT2D eigenvalue weighted by molar-refractivity contribution is 0.313. The summed E-state index contributed by atoms with van der Waals surface area (Å²) in [5.74, 6) is 0.963. The zero-order valence-corrected chi connectivity index (χ0v) is 13.3. The van der Waals surface area contributed by atoms with E-state index in [-0.39, 0.29) is 6.04 Å². The predicted molar refractivity (Wildman–Crippen MR) is 88.1 cm³/mol. The minimum Gasteiger partial charge on any atom is -0.372 e. The van der Waals surface area contributed by atoms with Gasteiger partial charge < -0.3 is 10.6 Å². The van der Waals surface area contributed by atoms with Crippen molar-refractivity contribution in [2.45, 2.75) is 64.5 Å². The molecule has 0 amide bonds. The third-order valence-corrected chi connectivity index (χ3v) is 5.11. The summed E-state index contributed by atoms with van der Waals surface area (Å²) in [6.45, 7) is 4.46. The van der Waals surface area contributed by atoms with E-state index in [2.05, 4.69) is 50.1 Å². The van der Waals surface area contributed by atoms with Crippen LogP contribution in [0.1, 0.15) is 64.0 Å². The van der Waals surface area contributed by atoms with Gasteiger partial charge in [-0.2, -0.15) is 0 Å². The Balaban J connectivity index is 1.97. The summed E-state index contributed by atoms with van der Waals surface area (Å²) in [6.07, 6.45) is 7.81. The first-order chi connectivity index (χ1) is 9.65. The lowest BCUT2D eigenvalue weighted by Crippen LogP contribution is -2.35. The molecule has 0 bridgehead atoms. The molecule has 0 unspecified atom stereocenters. The van der Waals surface area contributed by atoms with Crippen molar-refractivity contribution in [2.24, 2.45) is 11.7 Å². The van der Waals surface area contributed by atoms with Gasteiger partial charge >= 0.3 is 0 Å². The predicted octanol–water partition coefficient (Wildman–Crippen LogP) is 4.50. The Labute approximate surface area is 124 Å². The molecule has 1 aromatic carbocycles. The summed E-state index contributed by atoms with van der Waals surface area (Å²) in [7, 11) is 2.24. The maximum atomic E-state index is 6.08. The Kier molecular flexibility index (Phi) is 5.47. The van der Waals surface area contributed by atoms with Crippen LogP contribution in [-0.2, 0) is 0 Å². The molecule has 0 aliphatic heterocycles. The van der Waals surface area contributed by atoms with Crippen molar-refractivity contribution < 1.29 is 0 Å².